The zero-order valence-corrected chi connectivity index (χ0v) is 18.1. The molecule has 31 heavy (non-hydrogen) atoms. The lowest BCUT2D eigenvalue weighted by Gasteiger charge is -2.25. The Bertz CT molecular complexity index is 1200. The van der Waals surface area contributed by atoms with E-state index in [1.165, 1.54) is 30.5 Å². The first kappa shape index (κ1) is 20.7. The number of carbonyl (C=O) groups is 2. The van der Waals surface area contributed by atoms with Crippen LogP contribution < -0.4 is 14.4 Å². The molecule has 0 spiro atoms. The van der Waals surface area contributed by atoms with Crippen LogP contribution in [-0.4, -0.2) is 31.0 Å². The van der Waals surface area contributed by atoms with Gasteiger partial charge in [0.15, 0.2) is 0 Å². The van der Waals surface area contributed by atoms with Gasteiger partial charge in [-0.25, -0.2) is 0 Å². The van der Waals surface area contributed by atoms with Gasteiger partial charge in [0.2, 0.25) is 0 Å². The highest BCUT2D eigenvalue weighted by molar-refractivity contribution is 7.10. The van der Waals surface area contributed by atoms with E-state index in [-0.39, 0.29) is 11.3 Å². The summed E-state index contributed by atoms with van der Waals surface area (Å²) in [6.45, 7) is 1.92. The van der Waals surface area contributed by atoms with Gasteiger partial charge in [-0.3, -0.25) is 14.5 Å². The van der Waals surface area contributed by atoms with Crippen LogP contribution in [0.25, 0.3) is 5.76 Å². The van der Waals surface area contributed by atoms with Crippen LogP contribution in [0.5, 0.6) is 11.5 Å². The van der Waals surface area contributed by atoms with Gasteiger partial charge in [0.25, 0.3) is 11.7 Å². The van der Waals surface area contributed by atoms with Gasteiger partial charge >= 0.3 is 0 Å². The third-order valence-electron chi connectivity index (χ3n) is 5.29. The van der Waals surface area contributed by atoms with Crippen molar-refractivity contribution in [1.82, 2.24) is 0 Å². The molecular weight excluding hydrogens is 414 g/mol. The quantitative estimate of drug-likeness (QED) is 0.357. The Balaban J connectivity index is 1.97. The van der Waals surface area contributed by atoms with E-state index in [4.69, 9.17) is 9.47 Å². The molecule has 0 bridgehead atoms. The van der Waals surface area contributed by atoms with Gasteiger partial charge in [-0.1, -0.05) is 18.2 Å². The Labute approximate surface area is 184 Å². The van der Waals surface area contributed by atoms with E-state index in [1.807, 2.05) is 18.4 Å². The Hall–Kier alpha value is -3.58. The predicted octanol–water partition coefficient (Wildman–Crippen LogP) is 4.70. The molecular formula is C24H21NO5S. The first-order valence-electron chi connectivity index (χ1n) is 9.60. The second kappa shape index (κ2) is 8.28. The van der Waals surface area contributed by atoms with Gasteiger partial charge in [-0.15, -0.1) is 11.3 Å². The molecule has 0 saturated carbocycles. The first-order chi connectivity index (χ1) is 15.0. The Morgan fingerprint density at radius 1 is 1.03 bits per heavy atom. The molecule has 7 heteroatoms. The second-order valence-corrected chi connectivity index (χ2v) is 7.99. The van der Waals surface area contributed by atoms with E-state index >= 15 is 0 Å². The first-order valence-corrected chi connectivity index (χ1v) is 10.5. The number of aliphatic hydroxyl groups excluding tert-OH is 1. The average Bonchev–Trinajstić information content (AvgIpc) is 3.33. The number of carbonyl (C=O) groups excluding carboxylic acids is 2. The summed E-state index contributed by atoms with van der Waals surface area (Å²) in [6, 6.07) is 15.0. The van der Waals surface area contributed by atoms with E-state index in [0.717, 1.165) is 10.4 Å². The van der Waals surface area contributed by atoms with Crippen molar-refractivity contribution < 1.29 is 24.2 Å². The van der Waals surface area contributed by atoms with Crippen molar-refractivity contribution in [1.29, 1.82) is 0 Å². The van der Waals surface area contributed by atoms with Crippen molar-refractivity contribution in [2.45, 2.75) is 13.0 Å². The minimum atomic E-state index is -0.767. The second-order valence-electron chi connectivity index (χ2n) is 7.04. The number of aryl methyl sites for hydroxylation is 1. The number of anilines is 1. The Kier molecular flexibility index (Phi) is 5.52. The number of aliphatic hydroxyl groups is 1. The van der Waals surface area contributed by atoms with E-state index < -0.39 is 17.7 Å². The summed E-state index contributed by atoms with van der Waals surface area (Å²) >= 11 is 1.43. The fraction of sp³-hybridized carbons (Fsp3) is 0.167. The number of para-hydroxylation sites is 1. The molecule has 1 saturated heterocycles. The maximum absolute atomic E-state index is 13.2. The van der Waals surface area contributed by atoms with Crippen molar-refractivity contribution >= 4 is 34.5 Å². The Morgan fingerprint density at radius 2 is 1.81 bits per heavy atom. The number of ketones is 1. The van der Waals surface area contributed by atoms with Crippen LogP contribution in [-0.2, 0) is 9.59 Å². The van der Waals surface area contributed by atoms with E-state index in [9.17, 15) is 14.7 Å². The molecule has 158 valence electrons. The van der Waals surface area contributed by atoms with Crippen molar-refractivity contribution in [3.05, 3.63) is 81.6 Å². The lowest BCUT2D eigenvalue weighted by molar-refractivity contribution is -0.132. The number of methoxy groups -OCH3 is 2. The predicted molar refractivity (Wildman–Crippen MR) is 120 cm³/mol. The highest BCUT2D eigenvalue weighted by Gasteiger charge is 2.48. The van der Waals surface area contributed by atoms with Gasteiger partial charge in [0, 0.05) is 16.6 Å². The molecule has 2 aromatic carbocycles. The van der Waals surface area contributed by atoms with E-state index in [2.05, 4.69) is 0 Å². The highest BCUT2D eigenvalue weighted by atomic mass is 32.1. The number of benzene rings is 2. The summed E-state index contributed by atoms with van der Waals surface area (Å²) in [7, 11) is 3.03. The van der Waals surface area contributed by atoms with Crippen LogP contribution in [0.2, 0.25) is 0 Å². The van der Waals surface area contributed by atoms with Crippen LogP contribution in [0.1, 0.15) is 22.0 Å². The van der Waals surface area contributed by atoms with Gasteiger partial charge in [-0.2, -0.15) is 0 Å². The molecule has 1 amide bonds. The summed E-state index contributed by atoms with van der Waals surface area (Å²) in [5.74, 6) is -0.745. The van der Waals surface area contributed by atoms with E-state index in [0.29, 0.717) is 22.7 Å². The number of thiophene rings is 1. The number of nitrogens with zero attached hydrogens (tertiary/aromatic N) is 1. The zero-order valence-electron chi connectivity index (χ0n) is 17.3. The van der Waals surface area contributed by atoms with Crippen LogP contribution in [0.3, 0.4) is 0 Å². The van der Waals surface area contributed by atoms with Gasteiger partial charge < -0.3 is 14.6 Å². The third kappa shape index (κ3) is 3.47. The fourth-order valence-electron chi connectivity index (χ4n) is 3.76. The van der Waals surface area contributed by atoms with Crippen LogP contribution >= 0.6 is 11.3 Å². The standard InChI is InChI=1S/C24H21NO5S/c1-14-11-12-31-23(14)20-19(21(26)17-9-4-5-10-18(17)30-3)22(27)24(28)25(20)15-7-6-8-16(13-15)29-2/h4-13,20,26H,1-3H3/b21-19-. The minimum absolute atomic E-state index is 0.0304. The molecule has 1 fully saturated rings. The van der Waals surface area contributed by atoms with Crippen LogP contribution in [0.4, 0.5) is 5.69 Å². The van der Waals surface area contributed by atoms with Crippen molar-refractivity contribution in [3.8, 4) is 11.5 Å². The number of hydrogen-bond acceptors (Lipinski definition) is 6. The maximum Gasteiger partial charge on any atom is 0.300 e. The topological polar surface area (TPSA) is 76.1 Å². The molecule has 0 radical (unpaired) electrons. The molecule has 1 aromatic heterocycles. The molecule has 1 aliphatic rings. The maximum atomic E-state index is 13.2. The zero-order chi connectivity index (χ0) is 22.1. The monoisotopic (exact) mass is 435 g/mol. The fourth-order valence-corrected chi connectivity index (χ4v) is 4.78. The normalized spacial score (nSPS) is 17.8. The molecule has 4 rings (SSSR count). The molecule has 3 aromatic rings. The Morgan fingerprint density at radius 3 is 2.48 bits per heavy atom. The average molecular weight is 436 g/mol. The number of amides is 1. The molecule has 0 aliphatic carbocycles. The van der Waals surface area contributed by atoms with Crippen LogP contribution in [0, 0.1) is 6.92 Å². The lowest BCUT2D eigenvalue weighted by Crippen LogP contribution is -2.29. The van der Waals surface area contributed by atoms with Gasteiger partial charge in [0.1, 0.15) is 23.3 Å². The van der Waals surface area contributed by atoms with Crippen molar-refractivity contribution in [3.63, 3.8) is 0 Å². The van der Waals surface area contributed by atoms with Crippen LogP contribution in [0.15, 0.2) is 65.6 Å². The summed E-state index contributed by atoms with van der Waals surface area (Å²) in [5, 5.41) is 13.1. The highest BCUT2D eigenvalue weighted by Crippen LogP contribution is 2.46. The molecule has 1 N–H and O–H groups in total. The summed E-state index contributed by atoms with van der Waals surface area (Å²) < 4.78 is 10.7. The largest absolute Gasteiger partial charge is 0.507 e. The number of hydrogen-bond donors (Lipinski definition) is 1. The number of rotatable bonds is 5. The SMILES string of the molecule is COc1cccc(N2C(=O)C(=O)/C(=C(\O)c3ccccc3OC)C2c2sccc2C)c1. The van der Waals surface area contributed by atoms with Gasteiger partial charge in [0.05, 0.1) is 25.4 Å². The van der Waals surface area contributed by atoms with Gasteiger partial charge in [-0.05, 0) is 48.2 Å². The van der Waals surface area contributed by atoms with E-state index in [1.54, 1.807) is 48.5 Å². The number of ether oxygens (including phenoxy) is 2. The lowest BCUT2D eigenvalue weighted by atomic mass is 9.98. The van der Waals surface area contributed by atoms with Crippen molar-refractivity contribution in [2.24, 2.45) is 0 Å². The molecule has 1 atom stereocenters. The molecule has 6 nitrogen and oxygen atoms in total. The molecule has 1 aliphatic heterocycles. The number of Topliss-reactive ketones (excluding diaryl/α,β-unsaturated/α-hetero) is 1. The molecule has 1 unspecified atom stereocenters. The summed E-state index contributed by atoms with van der Waals surface area (Å²) in [4.78, 5) is 28.6. The third-order valence-corrected chi connectivity index (χ3v) is 6.36. The molecule has 2 heterocycles. The smallest absolute Gasteiger partial charge is 0.300 e. The summed E-state index contributed by atoms with van der Waals surface area (Å²) in [6.07, 6.45) is 0. The minimum Gasteiger partial charge on any atom is -0.507 e. The summed E-state index contributed by atoms with van der Waals surface area (Å²) in [5.41, 5.74) is 1.82. The van der Waals surface area contributed by atoms with Crippen molar-refractivity contribution in [2.75, 3.05) is 19.1 Å².